The van der Waals surface area contributed by atoms with Crippen LogP contribution in [0.1, 0.15) is 126 Å². The quantitative estimate of drug-likeness (QED) is 0.0150. The van der Waals surface area contributed by atoms with Crippen LogP contribution in [0.2, 0.25) is 0 Å². The first-order valence-corrected chi connectivity index (χ1v) is 60.1. The molecule has 766 valence electrons. The first kappa shape index (κ1) is 118. The summed E-state index contributed by atoms with van der Waals surface area (Å²) >= 11 is 10.4. The zero-order valence-corrected chi connectivity index (χ0v) is 86.3. The van der Waals surface area contributed by atoms with Gasteiger partial charge in [-0.05, 0) is 189 Å². The minimum Gasteiger partial charge on any atom is -0.388 e. The van der Waals surface area contributed by atoms with Crippen molar-refractivity contribution in [3.05, 3.63) is 152 Å². The first-order chi connectivity index (χ1) is 63.0. The van der Waals surface area contributed by atoms with Crippen molar-refractivity contribution in [2.75, 3.05) is 137 Å². The van der Waals surface area contributed by atoms with Crippen molar-refractivity contribution in [2.45, 2.75) is 222 Å². The Labute approximate surface area is 798 Å². The smallest absolute Gasteiger partial charge is 0.330 e. The Kier molecular flexibility index (Phi) is 45.4. The predicted molar refractivity (Wildman–Crippen MR) is 539 cm³/mol. The summed E-state index contributed by atoms with van der Waals surface area (Å²) in [4.78, 5) is 164. The summed E-state index contributed by atoms with van der Waals surface area (Å²) in [6.07, 6.45) is 15.9. The fourth-order valence-electron chi connectivity index (χ4n) is 14.7. The number of aliphatic hydroxyl groups is 9. The lowest BCUT2D eigenvalue weighted by Gasteiger charge is -2.21. The maximum atomic E-state index is 12.4. The lowest BCUT2D eigenvalue weighted by atomic mass is 10.1. The molecule has 50 heteroatoms. The molecule has 0 radical (unpaired) electrons. The number of ketones is 5. The molecule has 0 aromatic carbocycles. The summed E-state index contributed by atoms with van der Waals surface area (Å²) in [5.74, 6) is -0.329. The highest BCUT2D eigenvalue weighted by atomic mass is 32.1. The van der Waals surface area contributed by atoms with Crippen molar-refractivity contribution in [2.24, 2.45) is 0 Å². The molecule has 0 amide bonds. The second kappa shape index (κ2) is 52.3. The molecule has 5 aliphatic heterocycles. The van der Waals surface area contributed by atoms with Crippen LogP contribution >= 0.6 is 58.9 Å². The Morgan fingerprint density at radius 3 is 0.713 bits per heavy atom. The fraction of sp³-hybridized carbons (Fsp3) is 0.651. The van der Waals surface area contributed by atoms with Crippen LogP contribution in [0.5, 0.6) is 0 Å². The predicted octanol–water partition coefficient (Wildman–Crippen LogP) is -1.94. The van der Waals surface area contributed by atoms with Gasteiger partial charge in [-0.2, -0.15) is 0 Å². The molecular weight excluding hydrogens is 1910 g/mol. The third-order valence-corrected chi connectivity index (χ3v) is 30.0. The summed E-state index contributed by atoms with van der Waals surface area (Å²) in [7, 11) is 1.44. The molecule has 0 spiro atoms. The van der Waals surface area contributed by atoms with E-state index in [4.69, 9.17) is 52.9 Å². The number of ether oxygens (including phenoxy) is 6. The summed E-state index contributed by atoms with van der Waals surface area (Å²) in [5, 5.41) is 108. The number of aliphatic hydroxyl groups excluding tert-OH is 9. The Morgan fingerprint density at radius 2 is 0.507 bits per heavy atom. The molecular formula is C86H142N15O28P5S2. The highest BCUT2D eigenvalue weighted by Crippen LogP contribution is 2.45. The van der Waals surface area contributed by atoms with Crippen LogP contribution < -0.4 is 71.4 Å². The topological polar surface area (TPSA) is 623 Å². The van der Waals surface area contributed by atoms with Gasteiger partial charge in [0.25, 0.3) is 27.8 Å². The van der Waals surface area contributed by atoms with Gasteiger partial charge < -0.3 is 101 Å². The molecule has 19 N–H and O–H groups in total. The number of hydrogen-bond acceptors (Lipinski definition) is 35. The number of methoxy groups -OCH3 is 1. The Bertz CT molecular complexity index is 5300. The van der Waals surface area contributed by atoms with E-state index < -0.39 is 191 Å². The van der Waals surface area contributed by atoms with Crippen molar-refractivity contribution in [1.82, 2.24) is 74.3 Å². The van der Waals surface area contributed by atoms with Gasteiger partial charge >= 0.3 is 17.1 Å². The van der Waals surface area contributed by atoms with Gasteiger partial charge in [0.2, 0.25) is 0 Å². The van der Waals surface area contributed by atoms with Crippen LogP contribution in [0.4, 0.5) is 0 Å². The number of nitrogens with zero attached hydrogens (tertiary/aromatic N) is 5. The molecule has 10 rings (SSSR count). The lowest BCUT2D eigenvalue weighted by Crippen LogP contribution is -2.40. The largest absolute Gasteiger partial charge is 0.388 e. The number of aromatic nitrogens is 10. The second-order valence-corrected chi connectivity index (χ2v) is 60.7. The summed E-state index contributed by atoms with van der Waals surface area (Å²) in [6.45, 7) is 22.7. The molecule has 10 heterocycles. The molecule has 5 aromatic rings. The molecule has 43 nitrogen and oxygen atoms in total. The Hall–Kier alpha value is -6.71. The monoisotopic (exact) mass is 2050 g/mol. The Morgan fingerprint density at radius 1 is 0.324 bits per heavy atom. The highest BCUT2D eigenvalue weighted by molar-refractivity contribution is 7.73. The number of nitrogens with one attached hydrogen (secondary N) is 10. The molecule has 0 bridgehead atoms. The van der Waals surface area contributed by atoms with Gasteiger partial charge in [-0.1, -0.05) is 0 Å². The summed E-state index contributed by atoms with van der Waals surface area (Å²) < 4.78 is 41.0. The fourth-order valence-corrected chi connectivity index (χ4v) is 20.0. The van der Waals surface area contributed by atoms with Gasteiger partial charge in [0.05, 0.1) is 63.2 Å². The SMILES string of the molecule is C=P(C)(C)CC[C@H]1O[C@@H](n2cc(CNCC(C)=O)c(=O)[nH]c2=O)[C@H](O)[C@@H]1O.C=P(C)(C)CC[C@H]1O[C@@H](n2cc(CNCC(C)=O)c(=O)[nH]c2=O)[C@H](O)[C@@H]1O.C=P(C)(C)CC[C@H]1O[C@@H](n2cc(CNCC(C)=O)c(=O)[nH]c2=O)[C@H](OC)[C@@H]1O.C=P(C)(C)CC[C@H]1O[C@@H](n2cc(CNCC(C)=O)c(=O)[nH]c2=S)[C@H](O)[C@@H]1O.C=P(C)(C)CC[C@H]1O[C@@H](n2cc(CNCC(C)=O)c(=O)[nH]c2=S)[C@H](O)[C@@H]1O. The molecule has 0 saturated carbocycles. The lowest BCUT2D eigenvalue weighted by molar-refractivity contribution is -0.117. The van der Waals surface area contributed by atoms with E-state index in [2.05, 4.69) is 150 Å². The van der Waals surface area contributed by atoms with Crippen molar-refractivity contribution in [3.63, 3.8) is 0 Å². The third kappa shape index (κ3) is 36.7. The van der Waals surface area contributed by atoms with Crippen molar-refractivity contribution < 1.29 is 98.4 Å². The molecule has 0 unspecified atom stereocenters. The Balaban J connectivity index is 0.000000261. The van der Waals surface area contributed by atoms with E-state index in [0.29, 0.717) is 43.2 Å². The van der Waals surface area contributed by atoms with Crippen molar-refractivity contribution in [3.8, 4) is 0 Å². The molecule has 136 heavy (non-hydrogen) atoms. The van der Waals surface area contributed by atoms with E-state index in [1.54, 1.807) is 0 Å². The van der Waals surface area contributed by atoms with Gasteiger partial charge in [0.1, 0.15) is 90.0 Å². The van der Waals surface area contributed by atoms with Gasteiger partial charge in [0, 0.05) is 98.6 Å². The average molecular weight is 2050 g/mol. The van der Waals surface area contributed by atoms with Gasteiger partial charge in [0.15, 0.2) is 40.7 Å². The number of aromatic amines is 5. The van der Waals surface area contributed by atoms with Crippen LogP contribution in [0, 0.1) is 9.54 Å². The van der Waals surface area contributed by atoms with Crippen LogP contribution in [0.15, 0.2) is 69.3 Å². The first-order valence-electron chi connectivity index (χ1n) is 44.0. The number of H-pyrrole nitrogens is 5. The molecule has 5 fully saturated rings. The van der Waals surface area contributed by atoms with Crippen LogP contribution in [0.3, 0.4) is 0 Å². The van der Waals surface area contributed by atoms with E-state index in [9.17, 15) is 108 Å². The van der Waals surface area contributed by atoms with Crippen LogP contribution in [-0.4, -0.2) is 383 Å². The maximum Gasteiger partial charge on any atom is 0.330 e. The number of rotatable bonds is 41. The molecule has 0 aliphatic carbocycles. The van der Waals surface area contributed by atoms with Crippen LogP contribution in [0.25, 0.3) is 0 Å². The van der Waals surface area contributed by atoms with E-state index in [1.165, 1.54) is 86.4 Å². The zero-order valence-electron chi connectivity index (χ0n) is 80.2. The summed E-state index contributed by atoms with van der Waals surface area (Å²) in [6, 6.07) is 0. The molecule has 20 atom stereocenters. The minimum atomic E-state index is -1.33. The number of carbonyl (C=O) groups excluding carboxylic acids is 5. The summed E-state index contributed by atoms with van der Waals surface area (Å²) in [5.41, 5.74) is -3.16. The van der Waals surface area contributed by atoms with Gasteiger partial charge in [-0.3, -0.25) is 95.7 Å². The van der Waals surface area contributed by atoms with Gasteiger partial charge in [-0.25, -0.2) is 14.4 Å². The average Bonchev–Trinajstić information content (AvgIpc) is 1.63. The highest BCUT2D eigenvalue weighted by Gasteiger charge is 2.49. The molecule has 5 aromatic heterocycles. The van der Waals surface area contributed by atoms with Gasteiger partial charge in [-0.15, -0.1) is 65.9 Å². The molecule has 5 saturated heterocycles. The van der Waals surface area contributed by atoms with Crippen molar-refractivity contribution >= 4 is 119 Å². The number of carbonyl (C=O) groups is 5. The van der Waals surface area contributed by atoms with E-state index >= 15 is 0 Å². The number of Topliss-reactive ketones (excluding diaryl/α,β-unsaturated/α-hetero) is 5. The molecule has 5 aliphatic rings. The maximum absolute atomic E-state index is 12.4. The van der Waals surface area contributed by atoms with E-state index in [0.717, 1.165) is 39.9 Å². The minimum absolute atomic E-state index is 0.0455. The third-order valence-electron chi connectivity index (χ3n) is 22.1. The van der Waals surface area contributed by atoms with Crippen LogP contribution in [-0.2, 0) is 85.1 Å². The zero-order chi connectivity index (χ0) is 102. The van der Waals surface area contributed by atoms with E-state index in [-0.39, 0.29) is 132 Å². The van der Waals surface area contributed by atoms with Crippen molar-refractivity contribution in [1.29, 1.82) is 0 Å². The standard InChI is InChI=1S/C18H30N3O6P.2C17H28N3O6P.2C17H28N3O5PS/c1-11(22)8-19-9-12-10-21(18(25)20-16(12)24)17-15(26-2)14(23)13(27-17)6-7-28(3,4)5;2*1-10(21)7-18-8-11-9-20(17(25)19-15(11)24)16-14(23)13(22)12(26-16)5-6-27(2,3)4;2*1-10(21)7-18-8-11-9-20(17(27)19-15(11)24)16-14(23)13(22)12(25-16)5-6-26(2,3)4/h10,13-15,17,19,23H,3,6-9H2,1-2,4-5H3,(H,20,24,25);2*9,12-14,16,18,22-23H,2,5-8H2,1,3-4H3,(H,19,24,25);2*9,12-14,16,18,22-23H,2,5-8H2,1,3-4H3,(H,19,24,27)/t13-,14-,15-,17-;4*12-,13-,14-,16-/m11111/s1. The number of hydrogen-bond donors (Lipinski definition) is 19. The normalized spacial score (nSPS) is 25.6. The van der Waals surface area contributed by atoms with E-state index in [1.807, 2.05) is 0 Å². The second-order valence-electron chi connectivity index (χ2n) is 38.3.